The molecule has 0 spiro atoms. The fraction of sp³-hybridized carbons (Fsp3) is 0.323. The zero-order chi connectivity index (χ0) is 27.4. The van der Waals surface area contributed by atoms with Crippen molar-refractivity contribution in [1.82, 2.24) is 15.0 Å². The van der Waals surface area contributed by atoms with Crippen LogP contribution in [0.1, 0.15) is 61.3 Å². The van der Waals surface area contributed by atoms with Crippen LogP contribution < -0.4 is 15.8 Å². The zero-order valence-corrected chi connectivity index (χ0v) is 22.6. The molecule has 8 nitrogen and oxygen atoms in total. The number of hydroxylamine groups is 1. The first-order chi connectivity index (χ1) is 19.0. The van der Waals surface area contributed by atoms with Gasteiger partial charge in [-0.1, -0.05) is 56.7 Å². The number of hydrogen-bond acceptors (Lipinski definition) is 7. The highest BCUT2D eigenvalue weighted by molar-refractivity contribution is 6.12. The molecule has 1 aliphatic heterocycles. The summed E-state index contributed by atoms with van der Waals surface area (Å²) in [6.07, 6.45) is 7.73. The van der Waals surface area contributed by atoms with Gasteiger partial charge in [-0.3, -0.25) is 9.36 Å². The molecular formula is C31H34N4O4. The molecule has 0 saturated heterocycles. The van der Waals surface area contributed by atoms with Crippen LogP contribution in [0.2, 0.25) is 0 Å². The summed E-state index contributed by atoms with van der Waals surface area (Å²) in [5, 5.41) is 9.64. The number of amidine groups is 1. The molecule has 1 aromatic heterocycles. The first-order valence-corrected chi connectivity index (χ1v) is 13.5. The molecule has 2 aromatic carbocycles. The third-order valence-electron chi connectivity index (χ3n) is 7.02. The van der Waals surface area contributed by atoms with E-state index in [1.807, 2.05) is 31.2 Å². The Balaban J connectivity index is 1.48. The van der Waals surface area contributed by atoms with E-state index in [9.17, 15) is 9.90 Å². The molecule has 8 heteroatoms. The number of aromatic nitrogens is 2. The topological polar surface area (TPSA) is 98.0 Å². The molecule has 1 aliphatic carbocycles. The summed E-state index contributed by atoms with van der Waals surface area (Å²) in [6, 6.07) is 15.8. The number of allylic oxidation sites excluding steroid dienone is 2. The van der Waals surface area contributed by atoms with Crippen molar-refractivity contribution >= 4 is 11.4 Å². The molecule has 2 heterocycles. The maximum Gasteiger partial charge on any atom is 0.280 e. The highest BCUT2D eigenvalue weighted by Crippen LogP contribution is 2.30. The van der Waals surface area contributed by atoms with Crippen LogP contribution in [-0.2, 0) is 24.1 Å². The number of ether oxygens (including phenoxy) is 1. The molecule has 39 heavy (non-hydrogen) atoms. The molecule has 1 atom stereocenters. The summed E-state index contributed by atoms with van der Waals surface area (Å²) in [6.45, 7) is 4.13. The predicted molar refractivity (Wildman–Crippen MR) is 152 cm³/mol. The van der Waals surface area contributed by atoms with Crippen LogP contribution in [0.25, 0.3) is 11.3 Å². The predicted octanol–water partition coefficient (Wildman–Crippen LogP) is 4.66. The lowest BCUT2D eigenvalue weighted by atomic mass is 9.90. The lowest BCUT2D eigenvalue weighted by Gasteiger charge is -2.18. The van der Waals surface area contributed by atoms with Gasteiger partial charge in [0.25, 0.3) is 12.0 Å². The maximum atomic E-state index is 14.0. The van der Waals surface area contributed by atoms with E-state index in [1.165, 1.54) is 0 Å². The maximum absolute atomic E-state index is 14.0. The molecule has 1 unspecified atom stereocenters. The molecule has 0 bridgehead atoms. The van der Waals surface area contributed by atoms with Gasteiger partial charge < -0.3 is 9.84 Å². The highest BCUT2D eigenvalue weighted by atomic mass is 16.7. The fourth-order valence-electron chi connectivity index (χ4n) is 5.08. The van der Waals surface area contributed by atoms with E-state index in [0.717, 1.165) is 76.5 Å². The van der Waals surface area contributed by atoms with Gasteiger partial charge >= 0.3 is 0 Å². The number of nitrogens with zero attached hydrogens (tertiary/aromatic N) is 3. The van der Waals surface area contributed by atoms with Crippen molar-refractivity contribution < 1.29 is 14.7 Å². The lowest BCUT2D eigenvalue weighted by Crippen LogP contribution is -2.29. The number of aliphatic imine (C=N–C) groups is 1. The monoisotopic (exact) mass is 526 g/mol. The standard InChI is InChI=1S/C31H34N4O4/c1-4-8-27-26(30(36)35(28(5-2)32-27)22-15-17-23(38-3)18-16-22)19-20-11-13-21(14-12-20)24-9-6-7-10-25(24)29-33-31(37)39-34-29/h9-18,31,37H,4-8,19H2,1-3H3,(H,33,34). The summed E-state index contributed by atoms with van der Waals surface area (Å²) < 4.78 is 7.04. The Morgan fingerprint density at radius 2 is 1.77 bits per heavy atom. The average molecular weight is 527 g/mol. The third kappa shape index (κ3) is 5.57. The van der Waals surface area contributed by atoms with Gasteiger partial charge in [-0.2, -0.15) is 0 Å². The van der Waals surface area contributed by atoms with Gasteiger partial charge in [0.1, 0.15) is 11.6 Å². The van der Waals surface area contributed by atoms with E-state index in [-0.39, 0.29) is 5.56 Å². The van der Waals surface area contributed by atoms with Gasteiger partial charge in [-0.05, 0) is 60.2 Å². The van der Waals surface area contributed by atoms with Gasteiger partial charge in [0.15, 0.2) is 5.84 Å². The molecule has 0 amide bonds. The lowest BCUT2D eigenvalue weighted by molar-refractivity contribution is -0.102. The minimum absolute atomic E-state index is 0.0244. The summed E-state index contributed by atoms with van der Waals surface area (Å²) >= 11 is 0. The van der Waals surface area contributed by atoms with Crippen LogP contribution >= 0.6 is 0 Å². The summed E-state index contributed by atoms with van der Waals surface area (Å²) in [4.78, 5) is 28.1. The average Bonchev–Trinajstić information content (AvgIpc) is 3.41. The number of benzene rings is 2. The van der Waals surface area contributed by atoms with Crippen LogP contribution in [-0.4, -0.2) is 34.0 Å². The summed E-state index contributed by atoms with van der Waals surface area (Å²) in [5.41, 5.74) is 9.11. The van der Waals surface area contributed by atoms with Crippen molar-refractivity contribution in [3.63, 3.8) is 0 Å². The first kappa shape index (κ1) is 26.6. The number of rotatable bonds is 9. The van der Waals surface area contributed by atoms with E-state index in [2.05, 4.69) is 53.8 Å². The SMILES string of the molecule is CCCc1nc(CC)n(-c2ccc(OC)cc2)c(=O)c1Cc1ccc(C2=CCCC=C2C2=NC(O)ON2)cc1. The molecule has 202 valence electrons. The van der Waals surface area contributed by atoms with Gasteiger partial charge in [0, 0.05) is 24.0 Å². The van der Waals surface area contributed by atoms with E-state index in [0.29, 0.717) is 18.7 Å². The Morgan fingerprint density at radius 1 is 1.05 bits per heavy atom. The van der Waals surface area contributed by atoms with Gasteiger partial charge in [-0.25, -0.2) is 20.3 Å². The van der Waals surface area contributed by atoms with Crippen molar-refractivity contribution in [1.29, 1.82) is 0 Å². The van der Waals surface area contributed by atoms with Gasteiger partial charge in [-0.15, -0.1) is 0 Å². The zero-order valence-electron chi connectivity index (χ0n) is 22.6. The smallest absolute Gasteiger partial charge is 0.280 e. The second-order valence-electron chi connectivity index (χ2n) is 9.61. The number of aryl methyl sites for hydroxylation is 2. The van der Waals surface area contributed by atoms with Crippen molar-refractivity contribution in [2.24, 2.45) is 4.99 Å². The Labute approximate surface area is 228 Å². The highest BCUT2D eigenvalue weighted by Gasteiger charge is 2.23. The van der Waals surface area contributed by atoms with Crippen LogP contribution in [0.5, 0.6) is 5.75 Å². The fourth-order valence-corrected chi connectivity index (χ4v) is 5.08. The van der Waals surface area contributed by atoms with Crippen molar-refractivity contribution in [2.75, 3.05) is 7.11 Å². The number of aliphatic hydroxyl groups excluding tert-OH is 1. The molecule has 5 rings (SSSR count). The Hall–Kier alpha value is -4.01. The van der Waals surface area contributed by atoms with E-state index in [4.69, 9.17) is 14.6 Å². The Kier molecular flexibility index (Phi) is 8.05. The molecule has 2 N–H and O–H groups in total. The van der Waals surface area contributed by atoms with E-state index in [1.54, 1.807) is 11.7 Å². The minimum Gasteiger partial charge on any atom is -0.497 e. The van der Waals surface area contributed by atoms with Crippen molar-refractivity contribution in [3.8, 4) is 11.4 Å². The van der Waals surface area contributed by atoms with E-state index >= 15 is 0 Å². The molecule has 0 radical (unpaired) electrons. The van der Waals surface area contributed by atoms with Crippen LogP contribution in [0.3, 0.4) is 0 Å². The van der Waals surface area contributed by atoms with Crippen molar-refractivity contribution in [2.45, 2.75) is 58.8 Å². The molecule has 0 saturated carbocycles. The number of hydrogen-bond donors (Lipinski definition) is 2. The molecular weight excluding hydrogens is 492 g/mol. The number of nitrogens with one attached hydrogen (secondary N) is 1. The number of aliphatic hydroxyl groups is 1. The Bertz CT molecular complexity index is 1480. The first-order valence-electron chi connectivity index (χ1n) is 13.5. The summed E-state index contributed by atoms with van der Waals surface area (Å²) in [7, 11) is 1.63. The van der Waals surface area contributed by atoms with E-state index < -0.39 is 6.41 Å². The minimum atomic E-state index is -1.20. The van der Waals surface area contributed by atoms with Crippen molar-refractivity contribution in [3.05, 3.63) is 105 Å². The second-order valence-corrected chi connectivity index (χ2v) is 9.61. The molecule has 0 fully saturated rings. The largest absolute Gasteiger partial charge is 0.497 e. The Morgan fingerprint density at radius 3 is 2.38 bits per heavy atom. The normalized spacial score (nSPS) is 16.8. The second kappa shape index (κ2) is 11.8. The quantitative estimate of drug-likeness (QED) is 0.421. The van der Waals surface area contributed by atoms with Gasteiger partial charge in [0.2, 0.25) is 0 Å². The number of methoxy groups -OCH3 is 1. The van der Waals surface area contributed by atoms with Crippen LogP contribution in [0.15, 0.2) is 76.0 Å². The van der Waals surface area contributed by atoms with Gasteiger partial charge in [0.05, 0.1) is 18.5 Å². The third-order valence-corrected chi connectivity index (χ3v) is 7.02. The van der Waals surface area contributed by atoms with Crippen LogP contribution in [0, 0.1) is 0 Å². The molecule has 2 aliphatic rings. The summed E-state index contributed by atoms with van der Waals surface area (Å²) in [5.74, 6) is 2.03. The molecule has 3 aromatic rings. The van der Waals surface area contributed by atoms with Crippen LogP contribution in [0.4, 0.5) is 0 Å².